The summed E-state index contributed by atoms with van der Waals surface area (Å²) in [5, 5.41) is 2.08. The summed E-state index contributed by atoms with van der Waals surface area (Å²) >= 11 is 1.74. The van der Waals surface area contributed by atoms with Gasteiger partial charge in [0.05, 0.1) is 12.4 Å². The molecule has 1 aromatic heterocycles. The van der Waals surface area contributed by atoms with Crippen LogP contribution in [0.1, 0.15) is 10.4 Å². The van der Waals surface area contributed by atoms with Gasteiger partial charge in [0.1, 0.15) is 5.71 Å². The molecule has 1 fully saturated rings. The fourth-order valence-electron chi connectivity index (χ4n) is 4.27. The van der Waals surface area contributed by atoms with Crippen LogP contribution < -0.4 is 9.80 Å². The van der Waals surface area contributed by atoms with E-state index in [0.29, 0.717) is 18.9 Å². The molecule has 0 N–H and O–H groups in total. The van der Waals surface area contributed by atoms with Crippen molar-refractivity contribution in [2.45, 2.75) is 6.42 Å². The van der Waals surface area contributed by atoms with Crippen molar-refractivity contribution in [2.24, 2.45) is 4.99 Å². The molecule has 2 aliphatic heterocycles. The van der Waals surface area contributed by atoms with E-state index in [-0.39, 0.29) is 5.91 Å². The summed E-state index contributed by atoms with van der Waals surface area (Å²) in [6.45, 7) is 5.06. The molecule has 0 radical (unpaired) electrons. The molecule has 2 aliphatic rings. The first-order valence-corrected chi connectivity index (χ1v) is 11.7. The summed E-state index contributed by atoms with van der Waals surface area (Å²) in [5.41, 5.74) is 3.81. The van der Waals surface area contributed by atoms with E-state index in [1.165, 1.54) is 10.6 Å². The Kier molecular flexibility index (Phi) is 5.82. The fraction of sp³-hybridized carbons (Fsp3) is 0.280. The lowest BCUT2D eigenvalue weighted by Gasteiger charge is -2.37. The summed E-state index contributed by atoms with van der Waals surface area (Å²) in [5.74, 6) is 0.0258. The molecule has 5 rings (SSSR count). The van der Waals surface area contributed by atoms with Crippen LogP contribution in [0.3, 0.4) is 0 Å². The first-order chi connectivity index (χ1) is 15.3. The highest BCUT2D eigenvalue weighted by Crippen LogP contribution is 2.30. The van der Waals surface area contributed by atoms with Crippen LogP contribution in [0.4, 0.5) is 11.4 Å². The minimum atomic E-state index is 0.0258. The van der Waals surface area contributed by atoms with Gasteiger partial charge in [-0.15, -0.1) is 11.3 Å². The van der Waals surface area contributed by atoms with Gasteiger partial charge in [0.2, 0.25) is 0 Å². The Hall–Kier alpha value is -2.96. The number of anilines is 2. The van der Waals surface area contributed by atoms with Crippen LogP contribution in [0.25, 0.3) is 0 Å². The molecule has 3 aromatic rings. The van der Waals surface area contributed by atoms with Crippen LogP contribution in [0.5, 0.6) is 0 Å². The molecule has 0 spiro atoms. The van der Waals surface area contributed by atoms with E-state index < -0.39 is 0 Å². The van der Waals surface area contributed by atoms with Crippen LogP contribution in [0.2, 0.25) is 0 Å². The highest BCUT2D eigenvalue weighted by atomic mass is 32.1. The Morgan fingerprint density at radius 3 is 2.42 bits per heavy atom. The van der Waals surface area contributed by atoms with Crippen LogP contribution in [0, 0.1) is 0 Å². The summed E-state index contributed by atoms with van der Waals surface area (Å²) in [6, 6.07) is 22.8. The van der Waals surface area contributed by atoms with Crippen LogP contribution >= 0.6 is 11.3 Å². The van der Waals surface area contributed by atoms with Gasteiger partial charge in [-0.25, -0.2) is 0 Å². The number of rotatable bonds is 6. The van der Waals surface area contributed by atoms with Crippen LogP contribution in [0.15, 0.2) is 77.1 Å². The number of carbonyl (C=O) groups excluding carboxylic acids is 1. The quantitative estimate of drug-likeness (QED) is 0.595. The van der Waals surface area contributed by atoms with E-state index in [0.717, 1.165) is 43.9 Å². The summed E-state index contributed by atoms with van der Waals surface area (Å²) in [7, 11) is 0. The van der Waals surface area contributed by atoms with Crippen molar-refractivity contribution >= 4 is 34.3 Å². The minimum Gasteiger partial charge on any atom is -0.369 e. The molecular formula is C25H26N4OS. The van der Waals surface area contributed by atoms with E-state index >= 15 is 0 Å². The number of hydrogen-bond donors (Lipinski definition) is 0. The summed E-state index contributed by atoms with van der Waals surface area (Å²) < 4.78 is 0. The molecule has 158 valence electrons. The van der Waals surface area contributed by atoms with Gasteiger partial charge in [0.15, 0.2) is 0 Å². The number of aliphatic imine (C=N–C) groups is 1. The van der Waals surface area contributed by atoms with Gasteiger partial charge in [-0.1, -0.05) is 42.5 Å². The molecule has 0 saturated carbocycles. The fourth-order valence-corrected chi connectivity index (χ4v) is 4.97. The Labute approximate surface area is 187 Å². The monoisotopic (exact) mass is 430 g/mol. The second-order valence-corrected chi connectivity index (χ2v) is 8.92. The molecule has 0 aliphatic carbocycles. The van der Waals surface area contributed by atoms with Crippen molar-refractivity contribution in [2.75, 3.05) is 49.2 Å². The molecule has 5 nitrogen and oxygen atoms in total. The Bertz CT molecular complexity index is 1060. The topological polar surface area (TPSA) is 39.2 Å². The lowest BCUT2D eigenvalue weighted by atomic mass is 10.1. The molecule has 6 heteroatoms. The molecule has 31 heavy (non-hydrogen) atoms. The largest absolute Gasteiger partial charge is 0.369 e. The maximum Gasteiger partial charge on any atom is 0.278 e. The highest BCUT2D eigenvalue weighted by Gasteiger charge is 2.34. The van der Waals surface area contributed by atoms with Crippen molar-refractivity contribution in [3.05, 3.63) is 82.6 Å². The normalized spacial score (nSPS) is 18.1. The third kappa shape index (κ3) is 4.27. The number of amides is 1. The molecule has 0 atom stereocenters. The summed E-state index contributed by atoms with van der Waals surface area (Å²) in [4.78, 5) is 26.0. The Morgan fingerprint density at radius 1 is 0.871 bits per heavy atom. The molecule has 1 saturated heterocycles. The van der Waals surface area contributed by atoms with Crippen molar-refractivity contribution in [1.29, 1.82) is 0 Å². The Morgan fingerprint density at radius 2 is 1.65 bits per heavy atom. The minimum absolute atomic E-state index is 0.0258. The Balaban J connectivity index is 1.26. The van der Waals surface area contributed by atoms with Gasteiger partial charge < -0.3 is 4.90 Å². The zero-order chi connectivity index (χ0) is 21.0. The van der Waals surface area contributed by atoms with Crippen LogP contribution in [-0.2, 0) is 11.2 Å². The maximum absolute atomic E-state index is 13.3. The lowest BCUT2D eigenvalue weighted by Crippen LogP contribution is -2.51. The third-order valence-electron chi connectivity index (χ3n) is 5.94. The van der Waals surface area contributed by atoms with Gasteiger partial charge in [-0.05, 0) is 29.6 Å². The number of para-hydroxylation sites is 2. The second kappa shape index (κ2) is 9.04. The molecule has 1 amide bonds. The van der Waals surface area contributed by atoms with E-state index in [1.807, 2.05) is 29.2 Å². The number of hydrogen-bond acceptors (Lipinski definition) is 5. The predicted octanol–water partition coefficient (Wildman–Crippen LogP) is 3.91. The average molecular weight is 431 g/mol. The number of fused-ring (bicyclic) bond motifs is 1. The zero-order valence-corrected chi connectivity index (χ0v) is 18.3. The van der Waals surface area contributed by atoms with Gasteiger partial charge in [-0.3, -0.25) is 19.6 Å². The number of benzene rings is 2. The van der Waals surface area contributed by atoms with E-state index in [9.17, 15) is 4.79 Å². The first kappa shape index (κ1) is 20.0. The molecular weight excluding hydrogens is 404 g/mol. The first-order valence-electron chi connectivity index (χ1n) is 10.8. The SMILES string of the molecule is O=C1C(=NCCc2cccs2)c2ccccc2N1CN1CCN(c2ccccc2)CC1. The number of carbonyl (C=O) groups is 1. The average Bonchev–Trinajstić information content (AvgIpc) is 3.43. The predicted molar refractivity (Wildman–Crippen MR) is 128 cm³/mol. The van der Waals surface area contributed by atoms with Gasteiger partial charge in [-0.2, -0.15) is 0 Å². The van der Waals surface area contributed by atoms with Gasteiger partial charge in [0, 0.05) is 55.3 Å². The molecule has 0 unspecified atom stereocenters. The third-order valence-corrected chi connectivity index (χ3v) is 6.88. The number of nitrogens with zero attached hydrogens (tertiary/aromatic N) is 4. The lowest BCUT2D eigenvalue weighted by molar-refractivity contribution is -0.112. The van der Waals surface area contributed by atoms with E-state index in [1.54, 1.807) is 11.3 Å². The van der Waals surface area contributed by atoms with Crippen molar-refractivity contribution in [1.82, 2.24) is 4.90 Å². The van der Waals surface area contributed by atoms with E-state index in [2.05, 4.69) is 57.6 Å². The number of thiophene rings is 1. The molecule has 2 aromatic carbocycles. The van der Waals surface area contributed by atoms with Gasteiger partial charge >= 0.3 is 0 Å². The zero-order valence-electron chi connectivity index (χ0n) is 17.5. The van der Waals surface area contributed by atoms with Crippen molar-refractivity contribution in [3.63, 3.8) is 0 Å². The van der Waals surface area contributed by atoms with Crippen LogP contribution in [-0.4, -0.2) is 55.9 Å². The molecule has 3 heterocycles. The standard InChI is InChI=1S/C25H26N4OS/c30-25-24(26-13-12-21-9-6-18-31-21)22-10-4-5-11-23(22)29(25)19-27-14-16-28(17-15-27)20-7-2-1-3-8-20/h1-11,18H,12-17,19H2. The second-order valence-electron chi connectivity index (χ2n) is 7.89. The maximum atomic E-state index is 13.3. The molecule has 0 bridgehead atoms. The van der Waals surface area contributed by atoms with E-state index in [4.69, 9.17) is 4.99 Å². The van der Waals surface area contributed by atoms with Crippen molar-refractivity contribution in [3.8, 4) is 0 Å². The smallest absolute Gasteiger partial charge is 0.278 e. The summed E-state index contributed by atoms with van der Waals surface area (Å²) in [6.07, 6.45) is 0.873. The number of piperazine rings is 1. The highest BCUT2D eigenvalue weighted by molar-refractivity contribution is 7.09. The van der Waals surface area contributed by atoms with Gasteiger partial charge in [0.25, 0.3) is 5.91 Å². The van der Waals surface area contributed by atoms with Crippen molar-refractivity contribution < 1.29 is 4.79 Å².